The number of allylic oxidation sites excluding steroid dienone is 1. The van der Waals surface area contributed by atoms with Gasteiger partial charge in [-0.05, 0) is 66.4 Å². The number of halogens is 1. The Balaban J connectivity index is 0.00000529. The number of hydrogen-bond donors (Lipinski definition) is 3. The van der Waals surface area contributed by atoms with Gasteiger partial charge in [0.1, 0.15) is 0 Å². The maximum atomic E-state index is 13.0. The van der Waals surface area contributed by atoms with Crippen molar-refractivity contribution in [1.82, 2.24) is 5.32 Å². The molecule has 0 aliphatic rings. The Kier molecular flexibility index (Phi) is 11.9. The van der Waals surface area contributed by atoms with E-state index in [1.165, 1.54) is 33.5 Å². The molecule has 228 valence electrons. The quantitative estimate of drug-likeness (QED) is 0.142. The molecular formula is C34H35ClN4O5. The topological polar surface area (TPSA) is 124 Å². The van der Waals surface area contributed by atoms with Crippen molar-refractivity contribution in [3.8, 4) is 17.2 Å². The summed E-state index contributed by atoms with van der Waals surface area (Å²) in [5.74, 6) is 0.132. The van der Waals surface area contributed by atoms with Crippen LogP contribution >= 0.6 is 12.4 Å². The normalized spacial score (nSPS) is 11.0. The van der Waals surface area contributed by atoms with E-state index in [9.17, 15) is 9.59 Å². The fourth-order valence-electron chi connectivity index (χ4n) is 4.26. The van der Waals surface area contributed by atoms with Gasteiger partial charge in [0.2, 0.25) is 11.7 Å². The first-order chi connectivity index (χ1) is 20.8. The van der Waals surface area contributed by atoms with E-state index >= 15 is 0 Å². The van der Waals surface area contributed by atoms with Crippen molar-refractivity contribution in [1.29, 1.82) is 0 Å². The number of aliphatic imine (C=N–C) groups is 1. The minimum atomic E-state index is -0.514. The second-order valence-corrected chi connectivity index (χ2v) is 9.53. The molecule has 2 amide bonds. The number of guanidine groups is 1. The SMILES string of the molecule is COc1cc(C(=O)NC(N)=Nc2ccc(C)c(NC(=O)c3ccc(C/C=C/c4ccccc4)cc3)c2)cc(OC)c1OC.Cl. The summed E-state index contributed by atoms with van der Waals surface area (Å²) in [5, 5.41) is 5.50. The molecule has 0 spiro atoms. The van der Waals surface area contributed by atoms with E-state index in [1.54, 1.807) is 24.3 Å². The molecule has 4 aromatic rings. The van der Waals surface area contributed by atoms with Crippen LogP contribution in [0, 0.1) is 6.92 Å². The molecule has 10 heteroatoms. The Morgan fingerprint density at radius 1 is 0.818 bits per heavy atom. The number of nitrogens with one attached hydrogen (secondary N) is 2. The monoisotopic (exact) mass is 614 g/mol. The maximum absolute atomic E-state index is 13.0. The van der Waals surface area contributed by atoms with Crippen LogP contribution in [-0.2, 0) is 6.42 Å². The van der Waals surface area contributed by atoms with Crippen molar-refractivity contribution in [2.75, 3.05) is 26.6 Å². The van der Waals surface area contributed by atoms with Gasteiger partial charge in [-0.25, -0.2) is 4.99 Å². The molecule has 0 saturated carbocycles. The number of anilines is 1. The first-order valence-electron chi connectivity index (χ1n) is 13.5. The third-order valence-corrected chi connectivity index (χ3v) is 6.57. The molecule has 0 unspecified atom stereocenters. The van der Waals surface area contributed by atoms with E-state index in [2.05, 4.69) is 39.9 Å². The number of benzene rings is 4. The standard InChI is InChI=1S/C34H34N4O5.ClH/c1-22-13-18-27(36-34(35)38-33(40)26-19-29(41-2)31(43-4)30(20-26)42-3)21-28(22)37-32(39)25-16-14-24(15-17-25)12-8-11-23-9-6-5-7-10-23;/h5-11,13-21H,12H2,1-4H3,(H,37,39)(H3,35,36,38,40);1H/b11-8+;. The molecular weight excluding hydrogens is 580 g/mol. The number of methoxy groups -OCH3 is 3. The van der Waals surface area contributed by atoms with Gasteiger partial charge in [0, 0.05) is 16.8 Å². The fourth-order valence-corrected chi connectivity index (χ4v) is 4.26. The molecule has 0 fully saturated rings. The summed E-state index contributed by atoms with van der Waals surface area (Å²) in [5.41, 5.74) is 10.9. The number of carbonyl (C=O) groups excluding carboxylic acids is 2. The second-order valence-electron chi connectivity index (χ2n) is 9.53. The minimum absolute atomic E-state index is 0. The van der Waals surface area contributed by atoms with Crippen LogP contribution in [0.4, 0.5) is 11.4 Å². The zero-order chi connectivity index (χ0) is 30.8. The highest BCUT2D eigenvalue weighted by Gasteiger charge is 2.17. The molecule has 0 saturated heterocycles. The Bertz CT molecular complexity index is 1630. The first-order valence-corrected chi connectivity index (χ1v) is 13.5. The lowest BCUT2D eigenvalue weighted by atomic mass is 10.1. The molecule has 0 aromatic heterocycles. The van der Waals surface area contributed by atoms with Gasteiger partial charge in [-0.1, -0.05) is 60.7 Å². The summed E-state index contributed by atoms with van der Waals surface area (Å²) >= 11 is 0. The summed E-state index contributed by atoms with van der Waals surface area (Å²) in [7, 11) is 4.40. The Morgan fingerprint density at radius 3 is 2.09 bits per heavy atom. The molecule has 0 bridgehead atoms. The number of hydrogen-bond acceptors (Lipinski definition) is 6. The average Bonchev–Trinajstić information content (AvgIpc) is 3.02. The highest BCUT2D eigenvalue weighted by molar-refractivity contribution is 6.07. The summed E-state index contributed by atoms with van der Waals surface area (Å²) in [6, 6.07) is 25.8. The van der Waals surface area contributed by atoms with Gasteiger partial charge in [-0.15, -0.1) is 12.4 Å². The Labute approximate surface area is 263 Å². The average molecular weight is 615 g/mol. The van der Waals surface area contributed by atoms with Crippen molar-refractivity contribution >= 4 is 47.6 Å². The molecule has 0 aliphatic carbocycles. The fraction of sp³-hybridized carbons (Fsp3) is 0.147. The lowest BCUT2D eigenvalue weighted by molar-refractivity contribution is 0.0974. The largest absolute Gasteiger partial charge is 0.493 e. The molecule has 4 rings (SSSR count). The van der Waals surface area contributed by atoms with E-state index in [0.717, 1.165) is 23.1 Å². The summed E-state index contributed by atoms with van der Waals surface area (Å²) in [6.07, 6.45) is 4.93. The molecule has 4 N–H and O–H groups in total. The van der Waals surface area contributed by atoms with E-state index < -0.39 is 5.91 Å². The van der Waals surface area contributed by atoms with Gasteiger partial charge in [0.05, 0.1) is 27.0 Å². The zero-order valence-electron chi connectivity index (χ0n) is 24.9. The highest BCUT2D eigenvalue weighted by atomic mass is 35.5. The van der Waals surface area contributed by atoms with Gasteiger partial charge < -0.3 is 25.3 Å². The maximum Gasteiger partial charge on any atom is 0.258 e. The van der Waals surface area contributed by atoms with Crippen molar-refractivity contribution in [2.45, 2.75) is 13.3 Å². The Morgan fingerprint density at radius 2 is 1.48 bits per heavy atom. The van der Waals surface area contributed by atoms with Crippen molar-refractivity contribution in [2.24, 2.45) is 10.7 Å². The number of aryl methyl sites for hydroxylation is 1. The molecule has 0 aliphatic heterocycles. The predicted molar refractivity (Wildman–Crippen MR) is 177 cm³/mol. The lowest BCUT2D eigenvalue weighted by Gasteiger charge is -2.14. The number of ether oxygens (including phenoxy) is 3. The lowest BCUT2D eigenvalue weighted by Crippen LogP contribution is -2.36. The van der Waals surface area contributed by atoms with Gasteiger partial charge in [0.15, 0.2) is 11.5 Å². The number of rotatable bonds is 10. The van der Waals surface area contributed by atoms with Crippen LogP contribution in [0.2, 0.25) is 0 Å². The van der Waals surface area contributed by atoms with Crippen molar-refractivity contribution in [3.63, 3.8) is 0 Å². The number of amides is 2. The van der Waals surface area contributed by atoms with Crippen molar-refractivity contribution in [3.05, 3.63) is 119 Å². The van der Waals surface area contributed by atoms with Crippen LogP contribution in [0.3, 0.4) is 0 Å². The molecule has 0 atom stereocenters. The smallest absolute Gasteiger partial charge is 0.258 e. The van der Waals surface area contributed by atoms with Crippen molar-refractivity contribution < 1.29 is 23.8 Å². The summed E-state index contributed by atoms with van der Waals surface area (Å²) in [6.45, 7) is 1.88. The Hall–Kier alpha value is -5.28. The number of nitrogens with two attached hydrogens (primary N) is 1. The van der Waals surface area contributed by atoms with Crippen LogP contribution in [-0.4, -0.2) is 39.1 Å². The van der Waals surface area contributed by atoms with E-state index in [0.29, 0.717) is 34.2 Å². The van der Waals surface area contributed by atoms with Gasteiger partial charge in [-0.2, -0.15) is 0 Å². The number of nitrogens with zero attached hydrogens (tertiary/aromatic N) is 1. The van der Waals surface area contributed by atoms with Crippen LogP contribution in [0.1, 0.15) is 37.4 Å². The summed E-state index contributed by atoms with van der Waals surface area (Å²) < 4.78 is 15.9. The van der Waals surface area contributed by atoms with E-state index in [-0.39, 0.29) is 29.8 Å². The van der Waals surface area contributed by atoms with E-state index in [4.69, 9.17) is 19.9 Å². The number of carbonyl (C=O) groups is 2. The van der Waals surface area contributed by atoms with Gasteiger partial charge in [0.25, 0.3) is 11.8 Å². The zero-order valence-corrected chi connectivity index (χ0v) is 25.7. The van der Waals surface area contributed by atoms with E-state index in [1.807, 2.05) is 43.3 Å². The molecule has 9 nitrogen and oxygen atoms in total. The van der Waals surface area contributed by atoms with Gasteiger partial charge in [-0.3, -0.25) is 14.9 Å². The molecule has 0 radical (unpaired) electrons. The molecule has 44 heavy (non-hydrogen) atoms. The van der Waals surface area contributed by atoms with Crippen LogP contribution in [0.25, 0.3) is 6.08 Å². The third kappa shape index (κ3) is 8.62. The molecule has 4 aromatic carbocycles. The minimum Gasteiger partial charge on any atom is -0.493 e. The highest BCUT2D eigenvalue weighted by Crippen LogP contribution is 2.38. The van der Waals surface area contributed by atoms with Crippen LogP contribution in [0.5, 0.6) is 17.2 Å². The third-order valence-electron chi connectivity index (χ3n) is 6.57. The van der Waals surface area contributed by atoms with Gasteiger partial charge >= 0.3 is 0 Å². The van der Waals surface area contributed by atoms with Crippen LogP contribution < -0.4 is 30.6 Å². The second kappa shape index (κ2) is 15.8. The first kappa shape index (κ1) is 33.2. The summed E-state index contributed by atoms with van der Waals surface area (Å²) in [4.78, 5) is 30.2. The molecule has 0 heterocycles. The predicted octanol–water partition coefficient (Wildman–Crippen LogP) is 6.33. The van der Waals surface area contributed by atoms with Crippen LogP contribution in [0.15, 0.2) is 96.0 Å².